The van der Waals surface area contributed by atoms with Gasteiger partial charge in [-0.3, -0.25) is 4.79 Å². The highest BCUT2D eigenvalue weighted by molar-refractivity contribution is 7.12. The Labute approximate surface area is 129 Å². The van der Waals surface area contributed by atoms with Crippen molar-refractivity contribution in [2.75, 3.05) is 24.4 Å². The molecule has 1 heterocycles. The van der Waals surface area contributed by atoms with Crippen LogP contribution >= 0.6 is 11.3 Å². The molecule has 5 heteroatoms. The van der Waals surface area contributed by atoms with Gasteiger partial charge in [0.15, 0.2) is 0 Å². The van der Waals surface area contributed by atoms with Crippen LogP contribution in [-0.4, -0.2) is 19.6 Å². The number of carbonyl (C=O) groups excluding carboxylic acids is 1. The van der Waals surface area contributed by atoms with Crippen molar-refractivity contribution in [2.45, 2.75) is 19.9 Å². The van der Waals surface area contributed by atoms with Crippen LogP contribution < -0.4 is 10.6 Å². The Morgan fingerprint density at radius 1 is 1.29 bits per heavy atom. The number of hydrogen-bond acceptors (Lipinski definition) is 4. The number of carbonyl (C=O) groups is 1. The fraction of sp³-hybridized carbons (Fsp3) is 0.312. The Morgan fingerprint density at radius 2 is 2.05 bits per heavy atom. The smallest absolute Gasteiger partial charge is 0.250 e. The minimum absolute atomic E-state index is 0.0581. The van der Waals surface area contributed by atoms with Crippen molar-refractivity contribution in [3.8, 4) is 0 Å². The van der Waals surface area contributed by atoms with Gasteiger partial charge >= 0.3 is 0 Å². The Morgan fingerprint density at radius 3 is 2.71 bits per heavy atom. The number of nitrogens with one attached hydrogen (secondary N) is 2. The summed E-state index contributed by atoms with van der Waals surface area (Å²) in [5.41, 5.74) is 1.74. The lowest BCUT2D eigenvalue weighted by atomic mass is 10.2. The number of aryl methyl sites for hydroxylation is 1. The predicted molar refractivity (Wildman–Crippen MR) is 88.0 cm³/mol. The van der Waals surface area contributed by atoms with Gasteiger partial charge in [0.2, 0.25) is 5.91 Å². The minimum atomic E-state index is -0.156. The van der Waals surface area contributed by atoms with Crippen LogP contribution in [-0.2, 0) is 9.53 Å². The number of benzene rings is 1. The second-order valence-electron chi connectivity index (χ2n) is 4.88. The second kappa shape index (κ2) is 7.24. The largest absolute Gasteiger partial charge is 0.378 e. The monoisotopic (exact) mass is 304 g/mol. The third-order valence-electron chi connectivity index (χ3n) is 2.99. The first kappa shape index (κ1) is 15.5. The molecule has 0 saturated carbocycles. The standard InChI is InChI=1S/C16H20N2O2S/c1-11-7-8-15(21-11)12(2)17-13-5-4-6-14(9-13)18-16(19)10-20-3/h4-9,12,17H,10H2,1-3H3,(H,18,19). The molecule has 112 valence electrons. The van der Waals surface area contributed by atoms with E-state index in [9.17, 15) is 4.79 Å². The van der Waals surface area contributed by atoms with Crippen LogP contribution in [0.25, 0.3) is 0 Å². The third-order valence-corrected chi connectivity index (χ3v) is 4.18. The lowest BCUT2D eigenvalue weighted by Gasteiger charge is -2.15. The van der Waals surface area contributed by atoms with E-state index in [1.807, 2.05) is 24.3 Å². The van der Waals surface area contributed by atoms with E-state index in [2.05, 4.69) is 36.6 Å². The molecule has 2 N–H and O–H groups in total. The summed E-state index contributed by atoms with van der Waals surface area (Å²) in [6.07, 6.45) is 0. The number of methoxy groups -OCH3 is 1. The number of rotatable bonds is 6. The van der Waals surface area contributed by atoms with E-state index in [0.717, 1.165) is 11.4 Å². The second-order valence-corrected chi connectivity index (χ2v) is 6.20. The van der Waals surface area contributed by atoms with E-state index < -0.39 is 0 Å². The van der Waals surface area contributed by atoms with Gasteiger partial charge in [0, 0.05) is 28.2 Å². The van der Waals surface area contributed by atoms with Crippen molar-refractivity contribution in [2.24, 2.45) is 0 Å². The van der Waals surface area contributed by atoms with Crippen LogP contribution in [0.15, 0.2) is 36.4 Å². The van der Waals surface area contributed by atoms with E-state index in [1.54, 1.807) is 11.3 Å². The quantitative estimate of drug-likeness (QED) is 0.853. The molecule has 1 amide bonds. The SMILES string of the molecule is COCC(=O)Nc1cccc(NC(C)c2ccc(C)s2)c1. The van der Waals surface area contributed by atoms with Crippen LogP contribution in [0.4, 0.5) is 11.4 Å². The molecule has 0 radical (unpaired) electrons. The molecular weight excluding hydrogens is 284 g/mol. The van der Waals surface area contributed by atoms with Crippen molar-refractivity contribution in [3.63, 3.8) is 0 Å². The zero-order valence-electron chi connectivity index (χ0n) is 12.5. The van der Waals surface area contributed by atoms with E-state index >= 15 is 0 Å². The summed E-state index contributed by atoms with van der Waals surface area (Å²) in [5.74, 6) is -0.156. The lowest BCUT2D eigenvalue weighted by Crippen LogP contribution is -2.17. The molecule has 0 aliphatic carbocycles. The van der Waals surface area contributed by atoms with Gasteiger partial charge < -0.3 is 15.4 Å². The van der Waals surface area contributed by atoms with E-state index in [-0.39, 0.29) is 18.6 Å². The highest BCUT2D eigenvalue weighted by Crippen LogP contribution is 2.26. The highest BCUT2D eigenvalue weighted by atomic mass is 32.1. The third kappa shape index (κ3) is 4.58. The number of ether oxygens (including phenoxy) is 1. The summed E-state index contributed by atoms with van der Waals surface area (Å²) in [4.78, 5) is 14.1. The topological polar surface area (TPSA) is 50.4 Å². The molecule has 0 aliphatic rings. The van der Waals surface area contributed by atoms with Gasteiger partial charge in [0.05, 0.1) is 6.04 Å². The Balaban J connectivity index is 2.02. The Hall–Kier alpha value is -1.85. The zero-order chi connectivity index (χ0) is 15.2. The van der Waals surface area contributed by atoms with Crippen LogP contribution in [0.1, 0.15) is 22.7 Å². The van der Waals surface area contributed by atoms with Crippen LogP contribution in [0.5, 0.6) is 0 Å². The van der Waals surface area contributed by atoms with Crippen LogP contribution in [0.3, 0.4) is 0 Å². The maximum atomic E-state index is 11.5. The van der Waals surface area contributed by atoms with E-state index in [4.69, 9.17) is 4.74 Å². The Bertz CT molecular complexity index is 610. The maximum absolute atomic E-state index is 11.5. The average Bonchev–Trinajstić information content (AvgIpc) is 2.86. The summed E-state index contributed by atoms with van der Waals surface area (Å²) < 4.78 is 4.80. The van der Waals surface area contributed by atoms with Crippen LogP contribution in [0, 0.1) is 6.92 Å². The number of anilines is 2. The number of hydrogen-bond donors (Lipinski definition) is 2. The number of thiophene rings is 1. The first-order chi connectivity index (χ1) is 10.1. The first-order valence-electron chi connectivity index (χ1n) is 6.80. The van der Waals surface area contributed by atoms with Gasteiger partial charge in [-0.2, -0.15) is 0 Å². The van der Waals surface area contributed by atoms with Gasteiger partial charge in [-0.15, -0.1) is 11.3 Å². The van der Waals surface area contributed by atoms with E-state index in [0.29, 0.717) is 0 Å². The van der Waals surface area contributed by atoms with Gasteiger partial charge in [-0.05, 0) is 44.2 Å². The molecule has 0 bridgehead atoms. The average molecular weight is 304 g/mol. The lowest BCUT2D eigenvalue weighted by molar-refractivity contribution is -0.119. The predicted octanol–water partition coefficient (Wildman–Crippen LogP) is 3.81. The first-order valence-corrected chi connectivity index (χ1v) is 7.62. The van der Waals surface area contributed by atoms with Gasteiger partial charge in [-0.25, -0.2) is 0 Å². The highest BCUT2D eigenvalue weighted by Gasteiger charge is 2.08. The molecule has 0 spiro atoms. The zero-order valence-corrected chi connectivity index (χ0v) is 13.3. The molecule has 0 aliphatic heterocycles. The van der Waals surface area contributed by atoms with Crippen molar-refractivity contribution in [1.82, 2.24) is 0 Å². The van der Waals surface area contributed by atoms with Gasteiger partial charge in [0.25, 0.3) is 0 Å². The Kier molecular flexibility index (Phi) is 5.36. The molecule has 2 rings (SSSR count). The molecule has 21 heavy (non-hydrogen) atoms. The molecule has 4 nitrogen and oxygen atoms in total. The minimum Gasteiger partial charge on any atom is -0.378 e. The fourth-order valence-electron chi connectivity index (χ4n) is 2.02. The van der Waals surface area contributed by atoms with E-state index in [1.165, 1.54) is 16.9 Å². The molecule has 1 aromatic carbocycles. The normalized spacial score (nSPS) is 12.0. The molecule has 0 saturated heterocycles. The summed E-state index contributed by atoms with van der Waals surface area (Å²) in [6, 6.07) is 12.2. The summed E-state index contributed by atoms with van der Waals surface area (Å²) in [7, 11) is 1.50. The molecule has 1 aromatic heterocycles. The van der Waals surface area contributed by atoms with Crippen molar-refractivity contribution in [3.05, 3.63) is 46.2 Å². The van der Waals surface area contributed by atoms with Crippen molar-refractivity contribution in [1.29, 1.82) is 0 Å². The fourth-order valence-corrected chi connectivity index (χ4v) is 2.90. The summed E-state index contributed by atoms with van der Waals surface area (Å²) in [5, 5.41) is 6.24. The van der Waals surface area contributed by atoms with Gasteiger partial charge in [-0.1, -0.05) is 6.07 Å². The molecule has 0 fully saturated rings. The molecule has 2 aromatic rings. The molecular formula is C16H20N2O2S. The molecule has 1 unspecified atom stereocenters. The summed E-state index contributed by atoms with van der Waals surface area (Å²) in [6.45, 7) is 4.29. The number of amides is 1. The van der Waals surface area contributed by atoms with Crippen molar-refractivity contribution >= 4 is 28.6 Å². The van der Waals surface area contributed by atoms with Gasteiger partial charge in [0.1, 0.15) is 6.61 Å². The maximum Gasteiger partial charge on any atom is 0.250 e. The summed E-state index contributed by atoms with van der Waals surface area (Å²) >= 11 is 1.79. The molecule has 1 atom stereocenters. The van der Waals surface area contributed by atoms with Crippen LogP contribution in [0.2, 0.25) is 0 Å². The van der Waals surface area contributed by atoms with Crippen molar-refractivity contribution < 1.29 is 9.53 Å².